The number of rotatable bonds is 14. The molecule has 0 N–H and O–H groups in total. The lowest BCUT2D eigenvalue weighted by atomic mass is 10.1. The lowest BCUT2D eigenvalue weighted by Crippen LogP contribution is -2.05. The normalized spacial score (nSPS) is 13.3. The van der Waals surface area contributed by atoms with Gasteiger partial charge in [-0.25, -0.2) is 0 Å². The van der Waals surface area contributed by atoms with Crippen molar-refractivity contribution in [2.45, 2.75) is 83.7 Å². The molecule has 0 aliphatic rings. The fourth-order valence-corrected chi connectivity index (χ4v) is 2.15. The van der Waals surface area contributed by atoms with Gasteiger partial charge in [-0.15, -0.1) is 0 Å². The third-order valence-electron chi connectivity index (χ3n) is 3.54. The Balaban J connectivity index is 3.42. The van der Waals surface area contributed by atoms with Gasteiger partial charge >= 0.3 is 6.18 Å². The van der Waals surface area contributed by atoms with Crippen molar-refractivity contribution in [2.24, 2.45) is 0 Å². The largest absolute Gasteiger partial charge is 0.389 e. The minimum Gasteiger partial charge on any atom is -0.171 e. The Hall–Kier alpha value is -1.25. The predicted molar refractivity (Wildman–Crippen MR) is 99.1 cm³/mol. The van der Waals surface area contributed by atoms with Crippen LogP contribution < -0.4 is 0 Å². The molecule has 0 rings (SSSR count). The first-order valence-corrected chi connectivity index (χ1v) is 9.23. The van der Waals surface area contributed by atoms with Crippen molar-refractivity contribution in [3.63, 3.8) is 0 Å². The van der Waals surface area contributed by atoms with Crippen molar-refractivity contribution in [1.82, 2.24) is 0 Å². The molecule has 0 aliphatic heterocycles. The molecule has 138 valence electrons. The maximum absolute atomic E-state index is 11.9. The quantitative estimate of drug-likeness (QED) is 0.221. The lowest BCUT2D eigenvalue weighted by Gasteiger charge is -2.03. The number of halogens is 3. The second-order valence-electron chi connectivity index (χ2n) is 5.95. The summed E-state index contributed by atoms with van der Waals surface area (Å²) in [6.45, 7) is 2.22. The van der Waals surface area contributed by atoms with E-state index in [2.05, 4.69) is 43.4 Å². The molecule has 0 aromatic rings. The summed E-state index contributed by atoms with van der Waals surface area (Å²) in [5.74, 6) is 0. The molecule has 0 heterocycles. The Morgan fingerprint density at radius 2 is 1.00 bits per heavy atom. The maximum Gasteiger partial charge on any atom is 0.389 e. The van der Waals surface area contributed by atoms with Gasteiger partial charge in [0.05, 0.1) is 0 Å². The molecule has 0 radical (unpaired) electrons. The van der Waals surface area contributed by atoms with Crippen molar-refractivity contribution in [3.05, 3.63) is 48.6 Å². The molecular formula is C21H33F3. The summed E-state index contributed by atoms with van der Waals surface area (Å²) in [6.07, 6.45) is 21.7. The van der Waals surface area contributed by atoms with E-state index in [1.807, 2.05) is 12.2 Å². The van der Waals surface area contributed by atoms with Crippen molar-refractivity contribution in [3.8, 4) is 0 Å². The zero-order valence-electron chi connectivity index (χ0n) is 15.0. The first-order valence-electron chi connectivity index (χ1n) is 9.23. The summed E-state index contributed by atoms with van der Waals surface area (Å²) in [5.41, 5.74) is 0. The van der Waals surface area contributed by atoms with E-state index >= 15 is 0 Å². The summed E-state index contributed by atoms with van der Waals surface area (Å²) in [7, 11) is 0. The van der Waals surface area contributed by atoms with E-state index in [1.54, 1.807) is 0 Å². The van der Waals surface area contributed by atoms with Crippen molar-refractivity contribution >= 4 is 0 Å². The van der Waals surface area contributed by atoms with Crippen LogP contribution in [0.15, 0.2) is 48.6 Å². The van der Waals surface area contributed by atoms with Crippen LogP contribution in [0, 0.1) is 0 Å². The topological polar surface area (TPSA) is 0 Å². The second kappa shape index (κ2) is 16.6. The summed E-state index contributed by atoms with van der Waals surface area (Å²) in [6, 6.07) is 0. The van der Waals surface area contributed by atoms with Gasteiger partial charge in [-0.3, -0.25) is 0 Å². The molecule has 24 heavy (non-hydrogen) atoms. The molecule has 0 unspecified atom stereocenters. The SMILES string of the molecule is CCCCCC=CCC=CCC=CCC=CCCCCC(F)(F)F. The van der Waals surface area contributed by atoms with Crippen LogP contribution in [0.1, 0.15) is 77.6 Å². The average Bonchev–Trinajstić information content (AvgIpc) is 2.52. The Morgan fingerprint density at radius 3 is 1.42 bits per heavy atom. The van der Waals surface area contributed by atoms with Gasteiger partial charge in [0, 0.05) is 6.42 Å². The summed E-state index contributed by atoms with van der Waals surface area (Å²) in [4.78, 5) is 0. The molecule has 0 fully saturated rings. The molecular weight excluding hydrogens is 309 g/mol. The van der Waals surface area contributed by atoms with Crippen LogP contribution >= 0.6 is 0 Å². The van der Waals surface area contributed by atoms with E-state index in [1.165, 1.54) is 25.7 Å². The molecule has 0 aromatic heterocycles. The molecule has 0 aromatic carbocycles. The van der Waals surface area contributed by atoms with Crippen LogP contribution in [0.25, 0.3) is 0 Å². The molecule has 0 aliphatic carbocycles. The van der Waals surface area contributed by atoms with Crippen LogP contribution in [0.2, 0.25) is 0 Å². The third kappa shape index (κ3) is 20.8. The van der Waals surface area contributed by atoms with E-state index < -0.39 is 12.6 Å². The fraction of sp³-hybridized carbons (Fsp3) is 0.619. The zero-order chi connectivity index (χ0) is 17.9. The zero-order valence-corrected chi connectivity index (χ0v) is 15.0. The van der Waals surface area contributed by atoms with Gasteiger partial charge in [-0.1, -0.05) is 68.4 Å². The lowest BCUT2D eigenvalue weighted by molar-refractivity contribution is -0.135. The highest BCUT2D eigenvalue weighted by Gasteiger charge is 2.25. The van der Waals surface area contributed by atoms with Gasteiger partial charge in [-0.05, 0) is 51.4 Å². The summed E-state index contributed by atoms with van der Waals surface area (Å²) >= 11 is 0. The fourth-order valence-electron chi connectivity index (χ4n) is 2.15. The van der Waals surface area contributed by atoms with Crippen molar-refractivity contribution < 1.29 is 13.2 Å². The highest BCUT2D eigenvalue weighted by atomic mass is 19.4. The number of allylic oxidation sites excluding steroid dienone is 8. The average molecular weight is 342 g/mol. The maximum atomic E-state index is 11.9. The molecule has 0 spiro atoms. The molecule has 3 heteroatoms. The van der Waals surface area contributed by atoms with E-state index in [-0.39, 0.29) is 6.42 Å². The standard InChI is InChI=1S/C21H33F3/c1-2-3-4-5-6-7-8-9-10-11-12-13-14-15-16-17-18-19-20-21(22,23)24/h6-7,9-10,12-13,15-16H,2-5,8,11,14,17-20H2,1H3. The second-order valence-corrected chi connectivity index (χ2v) is 5.95. The Labute approximate surface area is 146 Å². The third-order valence-corrected chi connectivity index (χ3v) is 3.54. The van der Waals surface area contributed by atoms with Gasteiger partial charge in [0.15, 0.2) is 0 Å². The number of unbranched alkanes of at least 4 members (excludes halogenated alkanes) is 5. The molecule has 0 saturated heterocycles. The smallest absolute Gasteiger partial charge is 0.171 e. The minimum absolute atomic E-state index is 0.224. The number of alkyl halides is 3. The van der Waals surface area contributed by atoms with E-state index in [4.69, 9.17) is 0 Å². The van der Waals surface area contributed by atoms with Crippen LogP contribution in [-0.2, 0) is 0 Å². The van der Waals surface area contributed by atoms with Crippen LogP contribution in [0.3, 0.4) is 0 Å². The van der Waals surface area contributed by atoms with Crippen LogP contribution in [0.4, 0.5) is 13.2 Å². The van der Waals surface area contributed by atoms with Gasteiger partial charge < -0.3 is 0 Å². The summed E-state index contributed by atoms with van der Waals surface area (Å²) < 4.78 is 35.8. The Bertz CT molecular complexity index is 373. The first kappa shape index (κ1) is 22.8. The predicted octanol–water partition coefficient (Wildman–Crippen LogP) is 8.08. The molecule has 0 saturated carbocycles. The van der Waals surface area contributed by atoms with E-state index in [9.17, 15) is 13.2 Å². The van der Waals surface area contributed by atoms with Crippen LogP contribution in [-0.4, -0.2) is 6.18 Å². The number of hydrogen-bond donors (Lipinski definition) is 0. The first-order chi connectivity index (χ1) is 11.6. The van der Waals surface area contributed by atoms with E-state index in [0.29, 0.717) is 6.42 Å². The van der Waals surface area contributed by atoms with Crippen LogP contribution in [0.5, 0.6) is 0 Å². The van der Waals surface area contributed by atoms with Gasteiger partial charge in [0.1, 0.15) is 0 Å². The van der Waals surface area contributed by atoms with Gasteiger partial charge in [0.25, 0.3) is 0 Å². The molecule has 0 bridgehead atoms. The molecule has 0 nitrogen and oxygen atoms in total. The van der Waals surface area contributed by atoms with Crippen molar-refractivity contribution in [1.29, 1.82) is 0 Å². The highest BCUT2D eigenvalue weighted by Crippen LogP contribution is 2.22. The minimum atomic E-state index is -4.01. The van der Waals surface area contributed by atoms with Crippen molar-refractivity contribution in [2.75, 3.05) is 0 Å². The molecule has 0 amide bonds. The molecule has 0 atom stereocenters. The highest BCUT2D eigenvalue weighted by molar-refractivity contribution is 4.99. The Kier molecular flexibility index (Phi) is 15.7. The number of hydrogen-bond acceptors (Lipinski definition) is 0. The van der Waals surface area contributed by atoms with Gasteiger partial charge in [-0.2, -0.15) is 13.2 Å². The van der Waals surface area contributed by atoms with Gasteiger partial charge in [0.2, 0.25) is 0 Å². The summed E-state index contributed by atoms with van der Waals surface area (Å²) in [5, 5.41) is 0. The monoisotopic (exact) mass is 342 g/mol. The Morgan fingerprint density at radius 1 is 0.583 bits per heavy atom. The van der Waals surface area contributed by atoms with E-state index in [0.717, 1.165) is 25.7 Å².